The lowest BCUT2D eigenvalue weighted by molar-refractivity contribution is 0.262. The van der Waals surface area contributed by atoms with Crippen LogP contribution < -0.4 is 21.7 Å². The SMILES string of the molecule is Cc1sc2nc(NC(C)C)nc(-c3cccc(NC(=O)Nc4ccc(F)cc4)c3)c2c1N. The first-order valence-electron chi connectivity index (χ1n) is 10.1. The second kappa shape index (κ2) is 8.80. The number of hydrogen-bond donors (Lipinski definition) is 4. The fourth-order valence-electron chi connectivity index (χ4n) is 3.24. The highest BCUT2D eigenvalue weighted by Gasteiger charge is 2.17. The van der Waals surface area contributed by atoms with E-state index in [-0.39, 0.29) is 11.9 Å². The van der Waals surface area contributed by atoms with Gasteiger partial charge in [-0.2, -0.15) is 0 Å². The van der Waals surface area contributed by atoms with Gasteiger partial charge in [-0.05, 0) is 57.2 Å². The summed E-state index contributed by atoms with van der Waals surface area (Å²) in [5.41, 5.74) is 9.57. The molecule has 32 heavy (non-hydrogen) atoms. The van der Waals surface area contributed by atoms with Gasteiger partial charge in [-0.25, -0.2) is 19.2 Å². The number of carbonyl (C=O) groups excluding carboxylic acids is 1. The van der Waals surface area contributed by atoms with Crippen LogP contribution in [-0.2, 0) is 0 Å². The molecule has 9 heteroatoms. The third-order valence-electron chi connectivity index (χ3n) is 4.69. The van der Waals surface area contributed by atoms with Crippen LogP contribution in [0.4, 0.5) is 32.2 Å². The highest BCUT2D eigenvalue weighted by molar-refractivity contribution is 7.19. The number of hydrogen-bond acceptors (Lipinski definition) is 6. The fraction of sp³-hybridized carbons (Fsp3) is 0.174. The molecule has 2 aromatic heterocycles. The van der Waals surface area contributed by atoms with E-state index in [1.807, 2.05) is 39.0 Å². The number of thiophene rings is 1. The van der Waals surface area contributed by atoms with Crippen LogP contribution in [0.1, 0.15) is 18.7 Å². The molecule has 5 N–H and O–H groups in total. The summed E-state index contributed by atoms with van der Waals surface area (Å²) < 4.78 is 13.1. The maximum absolute atomic E-state index is 13.1. The number of nitrogens with one attached hydrogen (secondary N) is 3. The summed E-state index contributed by atoms with van der Waals surface area (Å²) in [6.45, 7) is 6.00. The Balaban J connectivity index is 1.66. The molecule has 164 valence electrons. The van der Waals surface area contributed by atoms with Crippen molar-refractivity contribution in [3.05, 3.63) is 59.2 Å². The van der Waals surface area contributed by atoms with Gasteiger partial charge in [0.1, 0.15) is 10.6 Å². The van der Waals surface area contributed by atoms with Crippen molar-refractivity contribution >= 4 is 50.6 Å². The van der Waals surface area contributed by atoms with Crippen LogP contribution >= 0.6 is 11.3 Å². The number of aryl methyl sites for hydroxylation is 1. The van der Waals surface area contributed by atoms with E-state index in [0.29, 0.717) is 28.7 Å². The number of nitrogens with zero attached hydrogens (tertiary/aromatic N) is 2. The molecule has 0 aliphatic carbocycles. The Morgan fingerprint density at radius 1 is 1.06 bits per heavy atom. The van der Waals surface area contributed by atoms with Crippen LogP contribution in [-0.4, -0.2) is 22.0 Å². The Morgan fingerprint density at radius 3 is 2.50 bits per heavy atom. The van der Waals surface area contributed by atoms with E-state index >= 15 is 0 Å². The van der Waals surface area contributed by atoms with Crippen molar-refractivity contribution in [1.29, 1.82) is 0 Å². The van der Waals surface area contributed by atoms with Crippen LogP contribution in [0.2, 0.25) is 0 Å². The summed E-state index contributed by atoms with van der Waals surface area (Å²) >= 11 is 1.52. The molecule has 7 nitrogen and oxygen atoms in total. The van der Waals surface area contributed by atoms with E-state index in [2.05, 4.69) is 20.9 Å². The summed E-state index contributed by atoms with van der Waals surface area (Å²) in [4.78, 5) is 23.5. The molecule has 0 atom stereocenters. The molecule has 0 saturated heterocycles. The first-order valence-corrected chi connectivity index (χ1v) is 10.9. The molecule has 0 fully saturated rings. The number of nitrogens with two attached hydrogens (primary N) is 1. The van der Waals surface area contributed by atoms with Crippen LogP contribution in [0.3, 0.4) is 0 Å². The smallest absolute Gasteiger partial charge is 0.323 e. The van der Waals surface area contributed by atoms with Crippen molar-refractivity contribution in [2.45, 2.75) is 26.8 Å². The average molecular weight is 451 g/mol. The van der Waals surface area contributed by atoms with E-state index in [0.717, 1.165) is 20.7 Å². The predicted octanol–water partition coefficient (Wildman–Crippen LogP) is 5.85. The summed E-state index contributed by atoms with van der Waals surface area (Å²) in [6.07, 6.45) is 0. The van der Waals surface area contributed by atoms with Crippen LogP contribution in [0.15, 0.2) is 48.5 Å². The maximum Gasteiger partial charge on any atom is 0.323 e. The Hall–Kier alpha value is -3.72. The van der Waals surface area contributed by atoms with Crippen molar-refractivity contribution in [1.82, 2.24) is 9.97 Å². The largest absolute Gasteiger partial charge is 0.397 e. The van der Waals surface area contributed by atoms with Gasteiger partial charge in [-0.1, -0.05) is 12.1 Å². The van der Waals surface area contributed by atoms with E-state index < -0.39 is 6.03 Å². The van der Waals surface area contributed by atoms with Gasteiger partial charge < -0.3 is 21.7 Å². The van der Waals surface area contributed by atoms with Crippen LogP contribution in [0.5, 0.6) is 0 Å². The van der Waals surface area contributed by atoms with Gasteiger partial charge in [0.15, 0.2) is 0 Å². The minimum absolute atomic E-state index is 0.168. The monoisotopic (exact) mass is 450 g/mol. The topological polar surface area (TPSA) is 105 Å². The second-order valence-electron chi connectivity index (χ2n) is 7.61. The molecule has 0 bridgehead atoms. The molecule has 0 spiro atoms. The number of rotatable bonds is 5. The molecular weight excluding hydrogens is 427 g/mol. The quantitative estimate of drug-likeness (QED) is 0.305. The maximum atomic E-state index is 13.1. The Morgan fingerprint density at radius 2 is 1.78 bits per heavy atom. The average Bonchev–Trinajstić information content (AvgIpc) is 3.02. The number of benzene rings is 2. The minimum atomic E-state index is -0.436. The number of fused-ring (bicyclic) bond motifs is 1. The molecule has 2 aromatic carbocycles. The Bertz CT molecular complexity index is 1290. The van der Waals surface area contributed by atoms with Crippen molar-refractivity contribution in [3.63, 3.8) is 0 Å². The molecule has 0 aliphatic heterocycles. The number of halogens is 1. The zero-order valence-electron chi connectivity index (χ0n) is 17.9. The Labute approximate surface area is 188 Å². The molecule has 4 rings (SSSR count). The number of urea groups is 1. The Kier molecular flexibility index (Phi) is 5.91. The number of amides is 2. The fourth-order valence-corrected chi connectivity index (χ4v) is 4.18. The van der Waals surface area contributed by atoms with Crippen molar-refractivity contribution in [3.8, 4) is 11.3 Å². The van der Waals surface area contributed by atoms with Crippen LogP contribution in [0.25, 0.3) is 21.5 Å². The standard InChI is InChI=1S/C23H23FN6OS/c1-12(2)26-22-29-20(18-19(25)13(3)32-21(18)30-22)14-5-4-6-17(11-14)28-23(31)27-16-9-7-15(24)8-10-16/h4-12H,25H2,1-3H3,(H,26,29,30)(H2,27,28,31). The van der Waals surface area contributed by atoms with Gasteiger partial charge in [-0.3, -0.25) is 0 Å². The number of carbonyl (C=O) groups is 1. The molecule has 0 unspecified atom stereocenters. The van der Waals surface area contributed by atoms with E-state index in [4.69, 9.17) is 10.7 Å². The molecule has 0 aliphatic rings. The van der Waals surface area contributed by atoms with Gasteiger partial charge in [0, 0.05) is 27.9 Å². The van der Waals surface area contributed by atoms with Crippen LogP contribution in [0, 0.1) is 12.7 Å². The van der Waals surface area contributed by atoms with Gasteiger partial charge in [-0.15, -0.1) is 11.3 Å². The van der Waals surface area contributed by atoms with Gasteiger partial charge in [0.2, 0.25) is 5.95 Å². The van der Waals surface area contributed by atoms with E-state index in [9.17, 15) is 9.18 Å². The molecule has 0 saturated carbocycles. The molecular formula is C23H23FN6OS. The van der Waals surface area contributed by atoms with Crippen molar-refractivity contribution < 1.29 is 9.18 Å². The van der Waals surface area contributed by atoms with Gasteiger partial charge in [0.05, 0.1) is 16.8 Å². The first kappa shape index (κ1) is 21.5. The lowest BCUT2D eigenvalue weighted by Crippen LogP contribution is -2.19. The highest BCUT2D eigenvalue weighted by Crippen LogP contribution is 2.39. The number of anilines is 4. The van der Waals surface area contributed by atoms with Gasteiger partial charge in [0.25, 0.3) is 0 Å². The molecule has 2 amide bonds. The zero-order chi connectivity index (χ0) is 22.8. The van der Waals surface area contributed by atoms with Crippen molar-refractivity contribution in [2.24, 2.45) is 0 Å². The molecule has 4 aromatic rings. The van der Waals surface area contributed by atoms with E-state index in [1.54, 1.807) is 6.07 Å². The second-order valence-corrected chi connectivity index (χ2v) is 8.82. The minimum Gasteiger partial charge on any atom is -0.397 e. The third-order valence-corrected chi connectivity index (χ3v) is 5.70. The third kappa shape index (κ3) is 4.62. The van der Waals surface area contributed by atoms with Gasteiger partial charge >= 0.3 is 6.03 Å². The zero-order valence-corrected chi connectivity index (χ0v) is 18.7. The normalized spacial score (nSPS) is 11.0. The lowest BCUT2D eigenvalue weighted by atomic mass is 10.1. The first-order chi connectivity index (χ1) is 15.3. The van der Waals surface area contributed by atoms with Crippen molar-refractivity contribution in [2.75, 3.05) is 21.7 Å². The predicted molar refractivity (Wildman–Crippen MR) is 130 cm³/mol. The highest BCUT2D eigenvalue weighted by atomic mass is 32.1. The lowest BCUT2D eigenvalue weighted by Gasteiger charge is -2.12. The summed E-state index contributed by atoms with van der Waals surface area (Å²) in [7, 11) is 0. The molecule has 2 heterocycles. The molecule has 0 radical (unpaired) electrons. The summed E-state index contributed by atoms with van der Waals surface area (Å²) in [5, 5.41) is 9.53. The number of nitrogen functional groups attached to an aromatic ring is 1. The summed E-state index contributed by atoms with van der Waals surface area (Å²) in [6, 6.07) is 12.6. The van der Waals surface area contributed by atoms with E-state index in [1.165, 1.54) is 35.6 Å². The number of aromatic nitrogens is 2. The summed E-state index contributed by atoms with van der Waals surface area (Å²) in [5.74, 6) is 0.158.